The molecular weight excluding hydrogens is 534 g/mol. The molecule has 0 aliphatic heterocycles. The van der Waals surface area contributed by atoms with Crippen molar-refractivity contribution >= 4 is 32.7 Å². The van der Waals surface area contributed by atoms with Crippen molar-refractivity contribution in [2.75, 3.05) is 27.4 Å². The lowest BCUT2D eigenvalue weighted by atomic mass is 10.1. The van der Waals surface area contributed by atoms with E-state index in [0.29, 0.717) is 59.7 Å². The Balaban J connectivity index is 1.90. The molecule has 0 aliphatic rings. The number of fused-ring (bicyclic) bond motifs is 1. The number of nitrogens with zero attached hydrogens (tertiary/aromatic N) is 3. The number of halogens is 1. The first-order chi connectivity index (χ1) is 18.0. The second-order valence-corrected chi connectivity index (χ2v) is 9.52. The Morgan fingerprint density at radius 3 is 2.38 bits per heavy atom. The van der Waals surface area contributed by atoms with Gasteiger partial charge in [-0.05, 0) is 73.5 Å². The molecule has 0 saturated heterocycles. The van der Waals surface area contributed by atoms with E-state index in [0.717, 1.165) is 4.47 Å². The molecule has 0 spiro atoms. The van der Waals surface area contributed by atoms with Crippen molar-refractivity contribution in [1.29, 1.82) is 0 Å². The van der Waals surface area contributed by atoms with Crippen LogP contribution in [0, 0.1) is 0 Å². The van der Waals surface area contributed by atoms with Gasteiger partial charge >= 0.3 is 0 Å². The molecule has 0 saturated carbocycles. The molecule has 1 heterocycles. The molecule has 3 aromatic carbocycles. The summed E-state index contributed by atoms with van der Waals surface area (Å²) in [5.41, 5.74) is 1.64. The monoisotopic (exact) mass is 563 g/mol. The first kappa shape index (κ1) is 26.6. The molecule has 8 heteroatoms. The average molecular weight is 564 g/mol. The number of para-hydroxylation sites is 1. The van der Waals surface area contributed by atoms with Gasteiger partial charge in [0.1, 0.15) is 11.6 Å². The van der Waals surface area contributed by atoms with Gasteiger partial charge in [0.05, 0.1) is 29.7 Å². The molecule has 7 nitrogen and oxygen atoms in total. The fourth-order valence-electron chi connectivity index (χ4n) is 4.43. The average Bonchev–Trinajstić information content (AvgIpc) is 2.93. The topological polar surface area (TPSA) is 73.7 Å². The second-order valence-electron chi connectivity index (χ2n) is 8.60. The molecule has 0 bridgehead atoms. The van der Waals surface area contributed by atoms with Crippen LogP contribution in [0.15, 0.2) is 82.1 Å². The fraction of sp³-hybridized carbons (Fsp3) is 0.276. The third-order valence-electron chi connectivity index (χ3n) is 6.29. The predicted octanol–water partition coefficient (Wildman–Crippen LogP) is 5.79. The highest BCUT2D eigenvalue weighted by Crippen LogP contribution is 2.28. The van der Waals surface area contributed by atoms with E-state index in [9.17, 15) is 9.59 Å². The van der Waals surface area contributed by atoms with Crippen molar-refractivity contribution in [1.82, 2.24) is 14.5 Å². The summed E-state index contributed by atoms with van der Waals surface area (Å²) >= 11 is 3.44. The first-order valence-corrected chi connectivity index (χ1v) is 13.0. The predicted molar refractivity (Wildman–Crippen MR) is 149 cm³/mol. The zero-order valence-electron chi connectivity index (χ0n) is 21.2. The van der Waals surface area contributed by atoms with Gasteiger partial charge < -0.3 is 14.4 Å². The van der Waals surface area contributed by atoms with Crippen molar-refractivity contribution in [3.63, 3.8) is 0 Å². The van der Waals surface area contributed by atoms with Crippen LogP contribution in [-0.4, -0.2) is 47.7 Å². The zero-order valence-corrected chi connectivity index (χ0v) is 22.8. The van der Waals surface area contributed by atoms with E-state index in [4.69, 9.17) is 14.5 Å². The van der Waals surface area contributed by atoms with Gasteiger partial charge in [0.15, 0.2) is 0 Å². The van der Waals surface area contributed by atoms with Crippen LogP contribution in [0.4, 0.5) is 0 Å². The van der Waals surface area contributed by atoms with Crippen LogP contribution in [0.5, 0.6) is 5.75 Å². The maximum Gasteiger partial charge on any atom is 0.266 e. The summed E-state index contributed by atoms with van der Waals surface area (Å²) in [5.74, 6) is 1.07. The van der Waals surface area contributed by atoms with Crippen LogP contribution >= 0.6 is 15.9 Å². The van der Waals surface area contributed by atoms with Crippen molar-refractivity contribution in [2.24, 2.45) is 0 Å². The number of hydrogen-bond donors (Lipinski definition) is 0. The minimum absolute atomic E-state index is 0.126. The van der Waals surface area contributed by atoms with Gasteiger partial charge in [0.25, 0.3) is 11.5 Å². The number of amides is 1. The molecule has 0 N–H and O–H groups in total. The SMILES string of the molecule is CCC(c1nc2ccccc2c(=O)n1-c1ccc(OC)cc1)N(CCCOC)C(=O)c1ccc(Br)cc1. The summed E-state index contributed by atoms with van der Waals surface area (Å²) in [6.45, 7) is 2.96. The lowest BCUT2D eigenvalue weighted by molar-refractivity contribution is 0.0634. The van der Waals surface area contributed by atoms with Crippen molar-refractivity contribution in [2.45, 2.75) is 25.8 Å². The van der Waals surface area contributed by atoms with Gasteiger partial charge in [-0.1, -0.05) is 35.0 Å². The van der Waals surface area contributed by atoms with Crippen molar-refractivity contribution in [3.8, 4) is 11.4 Å². The van der Waals surface area contributed by atoms with Crippen LogP contribution in [0.2, 0.25) is 0 Å². The van der Waals surface area contributed by atoms with E-state index < -0.39 is 6.04 Å². The molecule has 37 heavy (non-hydrogen) atoms. The number of carbonyl (C=O) groups excluding carboxylic acids is 1. The van der Waals surface area contributed by atoms with Crippen LogP contribution in [0.3, 0.4) is 0 Å². The molecule has 1 amide bonds. The molecule has 0 radical (unpaired) electrons. The maximum absolute atomic E-state index is 13.8. The molecule has 1 aromatic heterocycles. The van der Waals surface area contributed by atoms with E-state index >= 15 is 0 Å². The molecule has 192 valence electrons. The Labute approximate surface area is 224 Å². The van der Waals surface area contributed by atoms with Gasteiger partial charge in [-0.25, -0.2) is 4.98 Å². The minimum atomic E-state index is -0.451. The molecule has 1 unspecified atom stereocenters. The molecule has 4 aromatic rings. The smallest absolute Gasteiger partial charge is 0.266 e. The van der Waals surface area contributed by atoms with Crippen LogP contribution in [-0.2, 0) is 4.74 Å². The Kier molecular flexibility index (Phi) is 8.74. The number of rotatable bonds is 10. The third-order valence-corrected chi connectivity index (χ3v) is 6.82. The van der Waals surface area contributed by atoms with Crippen LogP contribution in [0.1, 0.15) is 42.0 Å². The highest BCUT2D eigenvalue weighted by Gasteiger charge is 2.29. The van der Waals surface area contributed by atoms with Crippen molar-refractivity contribution in [3.05, 3.63) is 99.0 Å². The molecular formula is C29H30BrN3O4. The summed E-state index contributed by atoms with van der Waals surface area (Å²) in [7, 11) is 3.24. The number of hydrogen-bond acceptors (Lipinski definition) is 5. The Morgan fingerprint density at radius 1 is 1.03 bits per heavy atom. The molecule has 0 aliphatic carbocycles. The van der Waals surface area contributed by atoms with E-state index in [1.54, 1.807) is 41.9 Å². The van der Waals surface area contributed by atoms with E-state index in [1.165, 1.54) is 0 Å². The highest BCUT2D eigenvalue weighted by molar-refractivity contribution is 9.10. The lowest BCUT2D eigenvalue weighted by Gasteiger charge is -2.32. The van der Waals surface area contributed by atoms with E-state index in [-0.39, 0.29) is 11.5 Å². The van der Waals surface area contributed by atoms with Crippen LogP contribution in [0.25, 0.3) is 16.6 Å². The standard InChI is InChI=1S/C29H30BrN3O4/c1-4-26(32(18-7-19-36-2)28(34)20-10-12-21(30)13-11-20)27-31-25-9-6-5-8-24(25)29(35)33(27)22-14-16-23(37-3)17-15-22/h5-6,8-17,26H,4,7,18-19H2,1-3H3. The summed E-state index contributed by atoms with van der Waals surface area (Å²) in [6.07, 6.45) is 1.21. The Hall–Kier alpha value is -3.49. The number of carbonyl (C=O) groups is 1. The van der Waals surface area contributed by atoms with Gasteiger partial charge in [0.2, 0.25) is 0 Å². The molecule has 4 rings (SSSR count). The Morgan fingerprint density at radius 2 is 1.73 bits per heavy atom. The zero-order chi connectivity index (χ0) is 26.4. The van der Waals surface area contributed by atoms with Gasteiger partial charge in [-0.3, -0.25) is 14.2 Å². The summed E-state index contributed by atoms with van der Waals surface area (Å²) in [6, 6.07) is 21.4. The summed E-state index contributed by atoms with van der Waals surface area (Å²) in [5, 5.41) is 0.516. The third kappa shape index (κ3) is 5.76. The van der Waals surface area contributed by atoms with Gasteiger partial charge in [0, 0.05) is 30.3 Å². The summed E-state index contributed by atoms with van der Waals surface area (Å²) in [4.78, 5) is 34.5. The number of aromatic nitrogens is 2. The normalized spacial score (nSPS) is 11.9. The minimum Gasteiger partial charge on any atom is -0.497 e. The number of ether oxygens (including phenoxy) is 2. The lowest BCUT2D eigenvalue weighted by Crippen LogP contribution is -2.39. The Bertz CT molecular complexity index is 1420. The largest absolute Gasteiger partial charge is 0.497 e. The second kappa shape index (κ2) is 12.2. The van der Waals surface area contributed by atoms with Gasteiger partial charge in [-0.15, -0.1) is 0 Å². The quantitative estimate of drug-likeness (QED) is 0.228. The van der Waals surface area contributed by atoms with Crippen LogP contribution < -0.4 is 10.3 Å². The van der Waals surface area contributed by atoms with Gasteiger partial charge in [-0.2, -0.15) is 0 Å². The van der Waals surface area contributed by atoms with Crippen molar-refractivity contribution < 1.29 is 14.3 Å². The van der Waals surface area contributed by atoms with E-state index in [1.807, 2.05) is 61.5 Å². The molecule has 0 fully saturated rings. The number of methoxy groups -OCH3 is 2. The first-order valence-electron chi connectivity index (χ1n) is 12.2. The highest BCUT2D eigenvalue weighted by atomic mass is 79.9. The number of benzene rings is 3. The fourth-order valence-corrected chi connectivity index (χ4v) is 4.70. The maximum atomic E-state index is 13.8. The summed E-state index contributed by atoms with van der Waals surface area (Å²) < 4.78 is 13.1. The van der Waals surface area contributed by atoms with E-state index in [2.05, 4.69) is 15.9 Å². The molecule has 1 atom stereocenters.